The minimum Gasteiger partial charge on any atom is -0.339 e. The number of carbonyl (C=O) groups excluding carboxylic acids is 2. The molecule has 0 radical (unpaired) electrons. The molecule has 0 aromatic rings. The Hall–Kier alpha value is -0.360. The van der Waals surface area contributed by atoms with Crippen molar-refractivity contribution in [2.24, 2.45) is 0 Å². The minimum absolute atomic E-state index is 0.376. The predicted octanol–water partition coefficient (Wildman–Crippen LogP) is 0.318. The molecule has 1 atom stereocenters. The highest BCUT2D eigenvalue weighted by molar-refractivity contribution is 7.82. The van der Waals surface area contributed by atoms with E-state index in [1.165, 1.54) is 7.05 Å². The van der Waals surface area contributed by atoms with E-state index in [-0.39, 0.29) is 5.91 Å². The fourth-order valence-electron chi connectivity index (χ4n) is 0.313. The van der Waals surface area contributed by atoms with Gasteiger partial charge in [-0.25, -0.2) is 0 Å². The first-order valence-corrected chi connectivity index (χ1v) is 4.35. The number of rotatable bonds is 3. The monoisotopic (exact) mass is 210 g/mol. The van der Waals surface area contributed by atoms with Crippen LogP contribution in [0, 0.1) is 0 Å². The smallest absolute Gasteiger partial charge is 0.264 e. The van der Waals surface area contributed by atoms with Crippen LogP contribution in [0.15, 0.2) is 0 Å². The molecule has 0 aromatic heterocycles. The van der Waals surface area contributed by atoms with E-state index in [2.05, 4.69) is 30.8 Å². The van der Waals surface area contributed by atoms with Crippen molar-refractivity contribution in [3.8, 4) is 0 Å². The number of nitrogens with one attached hydrogen (secondary N) is 1. The number of thiol groups is 2. The maximum Gasteiger partial charge on any atom is 0.264 e. The van der Waals surface area contributed by atoms with Gasteiger partial charge >= 0.3 is 0 Å². The molecule has 72 valence electrons. The van der Waals surface area contributed by atoms with Gasteiger partial charge in [-0.1, -0.05) is 26.7 Å². The molecule has 0 spiro atoms. The van der Waals surface area contributed by atoms with Crippen LogP contribution in [0.3, 0.4) is 0 Å². The lowest BCUT2D eigenvalue weighted by Gasteiger charge is -2.13. The van der Waals surface area contributed by atoms with Gasteiger partial charge in [-0.15, -0.1) is 12.6 Å². The Bertz CT molecular complexity index is 142. The second kappa shape index (κ2) is 8.73. The van der Waals surface area contributed by atoms with Crippen LogP contribution in [-0.2, 0) is 9.59 Å². The van der Waals surface area contributed by atoms with Gasteiger partial charge in [0.2, 0.25) is 6.41 Å². The number of likely N-dealkylation sites (N-methyl/N-ethyl adjacent to an activating group) is 1. The van der Waals surface area contributed by atoms with Crippen LogP contribution in [0.25, 0.3) is 0 Å². The standard InChI is InChI=1S/C4H8N2O2S2.C2H6/c1-6(10)4(8)3(9)5-2-7;1-2/h2-3,9-10H,1H3,(H,5,7);1-2H3. The molecule has 0 saturated heterocycles. The van der Waals surface area contributed by atoms with E-state index in [0.29, 0.717) is 6.41 Å². The third kappa shape index (κ3) is 6.36. The molecule has 4 nitrogen and oxygen atoms in total. The maximum atomic E-state index is 10.8. The molecule has 0 saturated carbocycles. The summed E-state index contributed by atoms with van der Waals surface area (Å²) in [5, 5.41) is 1.36. The summed E-state index contributed by atoms with van der Waals surface area (Å²) in [6, 6.07) is 0. The maximum absolute atomic E-state index is 10.8. The summed E-state index contributed by atoms with van der Waals surface area (Å²) in [6.07, 6.45) is 0.410. The highest BCUT2D eigenvalue weighted by atomic mass is 32.1. The molecule has 1 unspecified atom stereocenters. The lowest BCUT2D eigenvalue weighted by Crippen LogP contribution is -2.37. The number of hydrogen-bond acceptors (Lipinski definition) is 4. The first-order chi connectivity index (χ1) is 5.59. The van der Waals surface area contributed by atoms with Crippen molar-refractivity contribution in [1.29, 1.82) is 0 Å². The van der Waals surface area contributed by atoms with Crippen LogP contribution in [0.5, 0.6) is 0 Å². The molecule has 0 aliphatic carbocycles. The highest BCUT2D eigenvalue weighted by Gasteiger charge is 2.14. The molecule has 1 N–H and O–H groups in total. The largest absolute Gasteiger partial charge is 0.339 e. The van der Waals surface area contributed by atoms with Crippen molar-refractivity contribution < 1.29 is 9.59 Å². The molecule has 12 heavy (non-hydrogen) atoms. The number of carbonyl (C=O) groups is 2. The topological polar surface area (TPSA) is 49.4 Å². The lowest BCUT2D eigenvalue weighted by atomic mass is 10.6. The first-order valence-electron chi connectivity index (χ1n) is 3.43. The van der Waals surface area contributed by atoms with E-state index in [4.69, 9.17) is 0 Å². The molecule has 0 heterocycles. The van der Waals surface area contributed by atoms with Crippen molar-refractivity contribution in [2.45, 2.75) is 19.2 Å². The fraction of sp³-hybridized carbons (Fsp3) is 0.667. The highest BCUT2D eigenvalue weighted by Crippen LogP contribution is 1.97. The summed E-state index contributed by atoms with van der Waals surface area (Å²) in [5.74, 6) is -0.376. The van der Waals surface area contributed by atoms with E-state index in [0.717, 1.165) is 4.31 Å². The molecule has 2 amide bonds. The molecule has 6 heteroatoms. The van der Waals surface area contributed by atoms with Crippen LogP contribution in [0.2, 0.25) is 0 Å². The van der Waals surface area contributed by atoms with Crippen molar-refractivity contribution in [2.75, 3.05) is 7.05 Å². The summed E-state index contributed by atoms with van der Waals surface area (Å²) in [4.78, 5) is 20.6. The summed E-state index contributed by atoms with van der Waals surface area (Å²) < 4.78 is 1.05. The normalized spacial score (nSPS) is 10.4. The number of amides is 2. The summed E-state index contributed by atoms with van der Waals surface area (Å²) in [7, 11) is 1.46. The molecule has 0 rings (SSSR count). The van der Waals surface area contributed by atoms with Crippen LogP contribution >= 0.6 is 25.4 Å². The van der Waals surface area contributed by atoms with Gasteiger partial charge in [0.15, 0.2) is 5.37 Å². The first kappa shape index (κ1) is 14.2. The Morgan fingerprint density at radius 1 is 1.58 bits per heavy atom. The fourth-order valence-corrected chi connectivity index (χ4v) is 0.753. The van der Waals surface area contributed by atoms with Gasteiger partial charge in [0.05, 0.1) is 0 Å². The summed E-state index contributed by atoms with van der Waals surface area (Å²) in [6.45, 7) is 4.00. The van der Waals surface area contributed by atoms with Gasteiger partial charge < -0.3 is 5.32 Å². The zero-order valence-corrected chi connectivity index (χ0v) is 9.10. The van der Waals surface area contributed by atoms with Crippen LogP contribution in [0.4, 0.5) is 0 Å². The van der Waals surface area contributed by atoms with Crippen molar-refractivity contribution in [3.63, 3.8) is 0 Å². The van der Waals surface area contributed by atoms with Crippen molar-refractivity contribution in [3.05, 3.63) is 0 Å². The molecule has 0 aliphatic heterocycles. The van der Waals surface area contributed by atoms with E-state index in [9.17, 15) is 9.59 Å². The Morgan fingerprint density at radius 3 is 2.25 bits per heavy atom. The summed E-state index contributed by atoms with van der Waals surface area (Å²) >= 11 is 7.47. The van der Waals surface area contributed by atoms with Gasteiger partial charge in [0.25, 0.3) is 5.91 Å². The molecule has 0 aromatic carbocycles. The second-order valence-corrected chi connectivity index (χ2v) is 2.67. The average Bonchev–Trinajstić information content (AvgIpc) is 2.07. The van der Waals surface area contributed by atoms with E-state index < -0.39 is 5.37 Å². The van der Waals surface area contributed by atoms with Crippen LogP contribution < -0.4 is 5.32 Å². The Labute approximate surface area is 83.6 Å². The molecular weight excluding hydrogens is 196 g/mol. The van der Waals surface area contributed by atoms with E-state index in [1.54, 1.807) is 0 Å². The van der Waals surface area contributed by atoms with E-state index >= 15 is 0 Å². The van der Waals surface area contributed by atoms with Gasteiger partial charge in [-0.3, -0.25) is 13.9 Å². The summed E-state index contributed by atoms with van der Waals surface area (Å²) in [5.41, 5.74) is 0. The second-order valence-electron chi connectivity index (χ2n) is 1.55. The average molecular weight is 210 g/mol. The Balaban J connectivity index is 0. The molecule has 0 aliphatic rings. The third-order valence-corrected chi connectivity index (χ3v) is 1.35. The van der Waals surface area contributed by atoms with E-state index in [1.807, 2.05) is 13.8 Å². The van der Waals surface area contributed by atoms with Crippen molar-refractivity contribution in [1.82, 2.24) is 9.62 Å². The van der Waals surface area contributed by atoms with Gasteiger partial charge in [0.1, 0.15) is 0 Å². The molecule has 0 bridgehead atoms. The zero-order chi connectivity index (χ0) is 10.1. The van der Waals surface area contributed by atoms with Crippen molar-refractivity contribution >= 4 is 37.8 Å². The van der Waals surface area contributed by atoms with Gasteiger partial charge in [-0.05, 0) is 0 Å². The van der Waals surface area contributed by atoms with Crippen LogP contribution in [0.1, 0.15) is 13.8 Å². The molecule has 0 fully saturated rings. The Kier molecular flexibility index (Phi) is 10.3. The lowest BCUT2D eigenvalue weighted by molar-refractivity contribution is -0.126. The molecular formula is C6H14N2O2S2. The SMILES string of the molecule is CC.CN(S)C(=O)C(S)NC=O. The Morgan fingerprint density at radius 2 is 2.00 bits per heavy atom. The third-order valence-electron chi connectivity index (χ3n) is 0.779. The number of nitrogens with zero attached hydrogens (tertiary/aromatic N) is 1. The minimum atomic E-state index is -0.806. The number of hydrogen-bond donors (Lipinski definition) is 3. The zero-order valence-electron chi connectivity index (χ0n) is 7.31. The quantitative estimate of drug-likeness (QED) is 0.357. The van der Waals surface area contributed by atoms with Gasteiger partial charge in [-0.2, -0.15) is 0 Å². The predicted molar refractivity (Wildman–Crippen MR) is 55.1 cm³/mol. The van der Waals surface area contributed by atoms with Crippen LogP contribution in [-0.4, -0.2) is 29.0 Å². The van der Waals surface area contributed by atoms with Gasteiger partial charge in [0, 0.05) is 7.05 Å².